The summed E-state index contributed by atoms with van der Waals surface area (Å²) in [6, 6.07) is 2.16. The zero-order chi connectivity index (χ0) is 12.5. The summed E-state index contributed by atoms with van der Waals surface area (Å²) in [5.41, 5.74) is -1.18. The smallest absolute Gasteiger partial charge is 0.238 e. The molecule has 0 unspecified atom stereocenters. The first-order valence-electron chi connectivity index (χ1n) is 3.60. The highest BCUT2D eigenvalue weighted by Gasteiger charge is 2.24. The van der Waals surface area contributed by atoms with Crippen LogP contribution in [0.4, 0.5) is 8.78 Å². The minimum Gasteiger partial charge on any atom is -0.238 e. The van der Waals surface area contributed by atoms with E-state index in [0.717, 1.165) is 0 Å². The lowest BCUT2D eigenvalue weighted by molar-refractivity contribution is 0.145. The lowest BCUT2D eigenvalue weighted by atomic mass is 10.2. The molecule has 0 amide bonds. The average Bonchev–Trinajstić information content (AvgIpc) is 2.14. The van der Waals surface area contributed by atoms with E-state index >= 15 is 0 Å². The van der Waals surface area contributed by atoms with Crippen molar-refractivity contribution in [2.45, 2.75) is 11.3 Å². The standard InChI is InChI=1S/C7H2BrClF2N2O2S/c8-6-5(16(9,14)15)3(2-12)1-4(13-6)7(10)11/h1,7H. The van der Waals surface area contributed by atoms with Crippen LogP contribution in [0.1, 0.15) is 17.7 Å². The highest BCUT2D eigenvalue weighted by molar-refractivity contribution is 9.10. The zero-order valence-corrected chi connectivity index (χ0v) is 10.4. The van der Waals surface area contributed by atoms with Crippen molar-refractivity contribution in [1.29, 1.82) is 5.26 Å². The highest BCUT2D eigenvalue weighted by atomic mass is 79.9. The largest absolute Gasteiger partial charge is 0.280 e. The SMILES string of the molecule is N#Cc1cc(C(F)F)nc(Br)c1S(=O)(=O)Cl. The van der Waals surface area contributed by atoms with Crippen molar-refractivity contribution < 1.29 is 17.2 Å². The van der Waals surface area contributed by atoms with Gasteiger partial charge in [-0.3, -0.25) is 0 Å². The van der Waals surface area contributed by atoms with E-state index in [2.05, 4.69) is 20.9 Å². The maximum absolute atomic E-state index is 12.3. The van der Waals surface area contributed by atoms with Crippen LogP contribution >= 0.6 is 26.6 Å². The molecule has 0 saturated carbocycles. The minimum atomic E-state index is -4.22. The molecule has 0 aliphatic carbocycles. The highest BCUT2D eigenvalue weighted by Crippen LogP contribution is 2.30. The van der Waals surface area contributed by atoms with Crippen LogP contribution in [0.5, 0.6) is 0 Å². The molecule has 0 aromatic carbocycles. The van der Waals surface area contributed by atoms with Gasteiger partial charge in [0.05, 0.1) is 5.56 Å². The molecule has 0 N–H and O–H groups in total. The Morgan fingerprint density at radius 1 is 1.56 bits per heavy atom. The fraction of sp³-hybridized carbons (Fsp3) is 0.143. The summed E-state index contributed by atoms with van der Waals surface area (Å²) in [6.07, 6.45) is -2.91. The number of nitriles is 1. The van der Waals surface area contributed by atoms with Crippen molar-refractivity contribution >= 4 is 35.7 Å². The van der Waals surface area contributed by atoms with Crippen LogP contribution < -0.4 is 0 Å². The van der Waals surface area contributed by atoms with E-state index in [9.17, 15) is 17.2 Å². The van der Waals surface area contributed by atoms with Crippen LogP contribution in [0.25, 0.3) is 0 Å². The molecule has 0 aliphatic rings. The molecule has 4 nitrogen and oxygen atoms in total. The summed E-state index contributed by atoms with van der Waals surface area (Å²) in [6.45, 7) is 0. The van der Waals surface area contributed by atoms with Gasteiger partial charge in [0, 0.05) is 10.7 Å². The van der Waals surface area contributed by atoms with Crippen LogP contribution in [0.2, 0.25) is 0 Å². The maximum atomic E-state index is 12.3. The normalized spacial score (nSPS) is 11.5. The Balaban J connectivity index is 3.62. The van der Waals surface area contributed by atoms with E-state index in [1.54, 1.807) is 0 Å². The number of rotatable bonds is 2. The van der Waals surface area contributed by atoms with Gasteiger partial charge in [0.25, 0.3) is 15.5 Å². The Hall–Kier alpha value is -0.780. The topological polar surface area (TPSA) is 70.8 Å². The molecule has 0 atom stereocenters. The van der Waals surface area contributed by atoms with Crippen molar-refractivity contribution in [2.24, 2.45) is 0 Å². The second-order valence-corrected chi connectivity index (χ2v) is 5.82. The van der Waals surface area contributed by atoms with Gasteiger partial charge in [0.1, 0.15) is 21.3 Å². The summed E-state index contributed by atoms with van der Waals surface area (Å²) in [5, 5.41) is 8.65. The Morgan fingerprint density at radius 3 is 2.50 bits per heavy atom. The van der Waals surface area contributed by atoms with Crippen molar-refractivity contribution in [3.8, 4) is 6.07 Å². The molecule has 9 heteroatoms. The van der Waals surface area contributed by atoms with Gasteiger partial charge in [-0.2, -0.15) is 5.26 Å². The quantitative estimate of drug-likeness (QED) is 0.617. The molecule has 86 valence electrons. The Kier molecular flexibility index (Phi) is 3.83. The molecule has 0 saturated heterocycles. The van der Waals surface area contributed by atoms with Crippen LogP contribution in [-0.4, -0.2) is 13.4 Å². The summed E-state index contributed by atoms with van der Waals surface area (Å²) in [4.78, 5) is 2.69. The predicted octanol–water partition coefficient (Wildman–Crippen LogP) is 2.58. The van der Waals surface area contributed by atoms with Crippen molar-refractivity contribution in [3.05, 3.63) is 21.9 Å². The second kappa shape index (κ2) is 4.61. The monoisotopic (exact) mass is 330 g/mol. The van der Waals surface area contributed by atoms with Gasteiger partial charge in [-0.1, -0.05) is 0 Å². The number of alkyl halides is 2. The minimum absolute atomic E-state index is 0.406. The molecule has 16 heavy (non-hydrogen) atoms. The van der Waals surface area contributed by atoms with Crippen molar-refractivity contribution in [2.75, 3.05) is 0 Å². The van der Waals surface area contributed by atoms with Gasteiger partial charge >= 0.3 is 0 Å². The predicted molar refractivity (Wildman–Crippen MR) is 54.6 cm³/mol. The molecular formula is C7H2BrClF2N2O2S. The molecule has 1 aromatic heterocycles. The van der Waals surface area contributed by atoms with Gasteiger partial charge in [-0.05, 0) is 22.0 Å². The molecule has 1 rings (SSSR count). The molecule has 0 radical (unpaired) electrons. The first-order valence-corrected chi connectivity index (χ1v) is 6.71. The molecule has 0 aliphatic heterocycles. The second-order valence-electron chi connectivity index (χ2n) is 2.56. The van der Waals surface area contributed by atoms with E-state index < -0.39 is 36.2 Å². The van der Waals surface area contributed by atoms with Gasteiger partial charge in [0.2, 0.25) is 0 Å². The third kappa shape index (κ3) is 2.66. The average molecular weight is 332 g/mol. The molecule has 0 spiro atoms. The summed E-state index contributed by atoms with van der Waals surface area (Å²) in [7, 11) is 0.820. The number of halogens is 4. The third-order valence-electron chi connectivity index (χ3n) is 1.54. The third-order valence-corrected chi connectivity index (χ3v) is 3.74. The lowest BCUT2D eigenvalue weighted by Crippen LogP contribution is -2.02. The summed E-state index contributed by atoms with van der Waals surface area (Å²) >= 11 is 2.68. The molecule has 0 fully saturated rings. The number of aromatic nitrogens is 1. The Morgan fingerprint density at radius 2 is 2.12 bits per heavy atom. The van der Waals surface area contributed by atoms with Crippen molar-refractivity contribution in [1.82, 2.24) is 4.98 Å². The van der Waals surface area contributed by atoms with Gasteiger partial charge in [0.15, 0.2) is 0 Å². The molecule has 1 aromatic rings. The Labute approximate surface area is 102 Å². The van der Waals surface area contributed by atoms with Crippen LogP contribution in [-0.2, 0) is 9.05 Å². The van der Waals surface area contributed by atoms with Crippen molar-refractivity contribution in [3.63, 3.8) is 0 Å². The van der Waals surface area contributed by atoms with Crippen LogP contribution in [0, 0.1) is 11.3 Å². The summed E-state index contributed by atoms with van der Waals surface area (Å²) < 4.78 is 46.4. The number of nitrogens with zero attached hydrogens (tertiary/aromatic N) is 2. The van der Waals surface area contributed by atoms with Gasteiger partial charge in [-0.15, -0.1) is 0 Å². The number of hydrogen-bond donors (Lipinski definition) is 0. The molecule has 1 heterocycles. The van der Waals surface area contributed by atoms with E-state index in [1.165, 1.54) is 6.07 Å². The molecular weight excluding hydrogens is 330 g/mol. The fourth-order valence-corrected chi connectivity index (χ4v) is 3.37. The number of pyridine rings is 1. The molecule has 0 bridgehead atoms. The van der Waals surface area contributed by atoms with E-state index in [0.29, 0.717) is 6.07 Å². The van der Waals surface area contributed by atoms with E-state index in [4.69, 9.17) is 15.9 Å². The fourth-order valence-electron chi connectivity index (χ4n) is 0.948. The maximum Gasteiger partial charge on any atom is 0.280 e. The Bertz CT molecular complexity index is 570. The zero-order valence-electron chi connectivity index (χ0n) is 7.29. The first-order chi connectivity index (χ1) is 7.27. The van der Waals surface area contributed by atoms with E-state index in [-0.39, 0.29) is 0 Å². The van der Waals surface area contributed by atoms with Gasteiger partial charge in [-0.25, -0.2) is 22.2 Å². The van der Waals surface area contributed by atoms with E-state index in [1.807, 2.05) is 0 Å². The summed E-state index contributed by atoms with van der Waals surface area (Å²) in [5.74, 6) is 0. The first kappa shape index (κ1) is 13.3. The van der Waals surface area contributed by atoms with Crippen LogP contribution in [0.15, 0.2) is 15.6 Å². The number of hydrogen-bond acceptors (Lipinski definition) is 4. The van der Waals surface area contributed by atoms with Crippen LogP contribution in [0.3, 0.4) is 0 Å². The lowest BCUT2D eigenvalue weighted by Gasteiger charge is -2.05. The van der Waals surface area contributed by atoms with Gasteiger partial charge < -0.3 is 0 Å².